The van der Waals surface area contributed by atoms with Gasteiger partial charge in [0.1, 0.15) is 11.6 Å². The van der Waals surface area contributed by atoms with Crippen molar-refractivity contribution in [3.63, 3.8) is 0 Å². The molecular formula is C14H18N2O2. The Morgan fingerprint density at radius 2 is 2.17 bits per heavy atom. The second-order valence-corrected chi connectivity index (χ2v) is 4.14. The number of nitrogens with zero attached hydrogens (tertiary/aromatic N) is 1. The SMILES string of the molecule is CCCNc1nc2cc(OC)ccc2cc1CO. The van der Waals surface area contributed by atoms with Gasteiger partial charge in [-0.1, -0.05) is 6.92 Å². The van der Waals surface area contributed by atoms with Gasteiger partial charge < -0.3 is 15.2 Å². The van der Waals surface area contributed by atoms with Crippen molar-refractivity contribution in [2.75, 3.05) is 19.0 Å². The van der Waals surface area contributed by atoms with Crippen LogP contribution in [0.4, 0.5) is 5.82 Å². The van der Waals surface area contributed by atoms with E-state index in [1.807, 2.05) is 24.3 Å². The van der Waals surface area contributed by atoms with E-state index in [1.165, 1.54) is 0 Å². The van der Waals surface area contributed by atoms with Crippen LogP contribution in [0.5, 0.6) is 5.75 Å². The van der Waals surface area contributed by atoms with Crippen LogP contribution in [0.2, 0.25) is 0 Å². The lowest BCUT2D eigenvalue weighted by atomic mass is 10.1. The number of fused-ring (bicyclic) bond motifs is 1. The smallest absolute Gasteiger partial charge is 0.132 e. The monoisotopic (exact) mass is 246 g/mol. The standard InChI is InChI=1S/C14H18N2O2/c1-3-6-15-14-11(9-17)7-10-4-5-12(18-2)8-13(10)16-14/h4-5,7-8,17H,3,6,9H2,1-2H3,(H,15,16). The van der Waals surface area contributed by atoms with E-state index in [-0.39, 0.29) is 6.61 Å². The minimum absolute atomic E-state index is 0.0129. The first kappa shape index (κ1) is 12.6. The molecule has 96 valence electrons. The van der Waals surface area contributed by atoms with Crippen LogP contribution < -0.4 is 10.1 Å². The minimum atomic E-state index is -0.0129. The van der Waals surface area contributed by atoms with Gasteiger partial charge in [-0.2, -0.15) is 0 Å². The number of hydrogen-bond donors (Lipinski definition) is 2. The highest BCUT2D eigenvalue weighted by molar-refractivity contribution is 5.83. The summed E-state index contributed by atoms with van der Waals surface area (Å²) in [6, 6.07) is 7.70. The van der Waals surface area contributed by atoms with Crippen LogP contribution in [0.1, 0.15) is 18.9 Å². The first-order valence-electron chi connectivity index (χ1n) is 6.11. The van der Waals surface area contributed by atoms with Crippen molar-refractivity contribution in [2.24, 2.45) is 0 Å². The van der Waals surface area contributed by atoms with Gasteiger partial charge in [-0.25, -0.2) is 4.98 Å². The van der Waals surface area contributed by atoms with E-state index in [4.69, 9.17) is 4.74 Å². The Bertz CT molecular complexity index is 541. The molecule has 4 nitrogen and oxygen atoms in total. The largest absolute Gasteiger partial charge is 0.497 e. The predicted octanol–water partition coefficient (Wildman–Crippen LogP) is 2.56. The molecule has 0 amide bonds. The Balaban J connectivity index is 2.47. The molecule has 0 aliphatic rings. The molecule has 0 aliphatic heterocycles. The fourth-order valence-electron chi connectivity index (χ4n) is 1.83. The van der Waals surface area contributed by atoms with E-state index in [0.717, 1.165) is 41.0 Å². The van der Waals surface area contributed by atoms with Gasteiger partial charge in [0.2, 0.25) is 0 Å². The summed E-state index contributed by atoms with van der Waals surface area (Å²) in [5, 5.41) is 13.6. The highest BCUT2D eigenvalue weighted by Crippen LogP contribution is 2.24. The average molecular weight is 246 g/mol. The lowest BCUT2D eigenvalue weighted by Gasteiger charge is -2.11. The second-order valence-electron chi connectivity index (χ2n) is 4.14. The number of methoxy groups -OCH3 is 1. The molecule has 0 fully saturated rings. The molecule has 0 saturated heterocycles. The number of nitrogens with one attached hydrogen (secondary N) is 1. The van der Waals surface area contributed by atoms with E-state index in [2.05, 4.69) is 17.2 Å². The Hall–Kier alpha value is -1.81. The van der Waals surface area contributed by atoms with Crippen molar-refractivity contribution in [1.29, 1.82) is 0 Å². The lowest BCUT2D eigenvalue weighted by Crippen LogP contribution is -2.05. The molecule has 4 heteroatoms. The van der Waals surface area contributed by atoms with Crippen molar-refractivity contribution >= 4 is 16.7 Å². The van der Waals surface area contributed by atoms with Crippen molar-refractivity contribution < 1.29 is 9.84 Å². The maximum absolute atomic E-state index is 9.37. The summed E-state index contributed by atoms with van der Waals surface area (Å²) in [6.07, 6.45) is 1.02. The second kappa shape index (κ2) is 5.69. The number of rotatable bonds is 5. The molecule has 0 spiro atoms. The molecule has 0 bridgehead atoms. The Morgan fingerprint density at radius 3 is 2.83 bits per heavy atom. The quantitative estimate of drug-likeness (QED) is 0.851. The highest BCUT2D eigenvalue weighted by Gasteiger charge is 2.06. The molecule has 2 rings (SSSR count). The van der Waals surface area contributed by atoms with Gasteiger partial charge in [0.25, 0.3) is 0 Å². The maximum Gasteiger partial charge on any atom is 0.132 e. The first-order valence-corrected chi connectivity index (χ1v) is 6.11. The number of aromatic nitrogens is 1. The van der Waals surface area contributed by atoms with Gasteiger partial charge in [0.15, 0.2) is 0 Å². The molecule has 1 aromatic carbocycles. The normalized spacial score (nSPS) is 10.6. The molecule has 1 aromatic heterocycles. The van der Waals surface area contributed by atoms with E-state index in [9.17, 15) is 5.11 Å². The zero-order chi connectivity index (χ0) is 13.0. The number of benzene rings is 1. The van der Waals surface area contributed by atoms with Crippen LogP contribution in [0.15, 0.2) is 24.3 Å². The summed E-state index contributed by atoms with van der Waals surface area (Å²) in [5.41, 5.74) is 1.69. The topological polar surface area (TPSA) is 54.4 Å². The maximum atomic E-state index is 9.37. The van der Waals surface area contributed by atoms with Crippen LogP contribution in [0.3, 0.4) is 0 Å². The molecule has 0 unspecified atom stereocenters. The number of ether oxygens (including phenoxy) is 1. The summed E-state index contributed by atoms with van der Waals surface area (Å²) < 4.78 is 5.19. The highest BCUT2D eigenvalue weighted by atomic mass is 16.5. The zero-order valence-electron chi connectivity index (χ0n) is 10.7. The van der Waals surface area contributed by atoms with E-state index < -0.39 is 0 Å². The predicted molar refractivity (Wildman–Crippen MR) is 73.0 cm³/mol. The van der Waals surface area contributed by atoms with Crippen LogP contribution >= 0.6 is 0 Å². The zero-order valence-corrected chi connectivity index (χ0v) is 10.7. The van der Waals surface area contributed by atoms with Gasteiger partial charge in [0, 0.05) is 23.6 Å². The third-order valence-corrected chi connectivity index (χ3v) is 2.82. The number of anilines is 1. The number of pyridine rings is 1. The Kier molecular flexibility index (Phi) is 3.99. The molecule has 0 saturated carbocycles. The fraction of sp³-hybridized carbons (Fsp3) is 0.357. The molecule has 0 radical (unpaired) electrons. The first-order chi connectivity index (χ1) is 8.78. The lowest BCUT2D eigenvalue weighted by molar-refractivity contribution is 0.282. The van der Waals surface area contributed by atoms with Gasteiger partial charge in [0.05, 0.1) is 19.2 Å². The van der Waals surface area contributed by atoms with Crippen LogP contribution in [0, 0.1) is 0 Å². The van der Waals surface area contributed by atoms with Gasteiger partial charge >= 0.3 is 0 Å². The molecule has 2 N–H and O–H groups in total. The van der Waals surface area contributed by atoms with Crippen LogP contribution in [-0.4, -0.2) is 23.7 Å². The third kappa shape index (κ3) is 2.54. The van der Waals surface area contributed by atoms with Crippen molar-refractivity contribution in [3.05, 3.63) is 29.8 Å². The number of aliphatic hydroxyl groups is 1. The van der Waals surface area contributed by atoms with Crippen molar-refractivity contribution in [1.82, 2.24) is 4.98 Å². The van der Waals surface area contributed by atoms with E-state index >= 15 is 0 Å². The summed E-state index contributed by atoms with van der Waals surface area (Å²) in [4.78, 5) is 4.54. The Labute approximate surface area is 107 Å². The third-order valence-electron chi connectivity index (χ3n) is 2.82. The van der Waals surface area contributed by atoms with Gasteiger partial charge in [-0.05, 0) is 24.6 Å². The summed E-state index contributed by atoms with van der Waals surface area (Å²) in [7, 11) is 1.64. The molecule has 18 heavy (non-hydrogen) atoms. The van der Waals surface area contributed by atoms with E-state index in [1.54, 1.807) is 7.11 Å². The summed E-state index contributed by atoms with van der Waals surface area (Å²) in [6.45, 7) is 2.92. The van der Waals surface area contributed by atoms with Gasteiger partial charge in [-0.3, -0.25) is 0 Å². The van der Waals surface area contributed by atoms with Crippen LogP contribution in [0.25, 0.3) is 10.9 Å². The molecule has 2 aromatic rings. The molecular weight excluding hydrogens is 228 g/mol. The Morgan fingerprint density at radius 1 is 1.33 bits per heavy atom. The molecule has 0 atom stereocenters. The summed E-state index contributed by atoms with van der Waals surface area (Å²) in [5.74, 6) is 1.54. The molecule has 1 heterocycles. The fourth-order valence-corrected chi connectivity index (χ4v) is 1.83. The number of aliphatic hydroxyl groups excluding tert-OH is 1. The average Bonchev–Trinajstić information content (AvgIpc) is 2.43. The summed E-state index contributed by atoms with van der Waals surface area (Å²) >= 11 is 0. The van der Waals surface area contributed by atoms with Crippen molar-refractivity contribution in [2.45, 2.75) is 20.0 Å². The van der Waals surface area contributed by atoms with Crippen LogP contribution in [-0.2, 0) is 6.61 Å². The molecule has 0 aliphatic carbocycles. The van der Waals surface area contributed by atoms with E-state index in [0.29, 0.717) is 0 Å². The van der Waals surface area contributed by atoms with Crippen molar-refractivity contribution in [3.8, 4) is 5.75 Å². The number of hydrogen-bond acceptors (Lipinski definition) is 4. The van der Waals surface area contributed by atoms with Gasteiger partial charge in [-0.15, -0.1) is 0 Å². The minimum Gasteiger partial charge on any atom is -0.497 e.